The maximum absolute atomic E-state index is 12.8. The number of nitrogens with one attached hydrogen (secondary N) is 1. The number of aryl methyl sites for hydroxylation is 1. The van der Waals surface area contributed by atoms with Gasteiger partial charge >= 0.3 is 0 Å². The van der Waals surface area contributed by atoms with E-state index >= 15 is 0 Å². The van der Waals surface area contributed by atoms with Gasteiger partial charge in [0.05, 0.1) is 18.8 Å². The van der Waals surface area contributed by atoms with E-state index < -0.39 is 0 Å². The molecule has 0 spiro atoms. The van der Waals surface area contributed by atoms with Crippen LogP contribution in [0.4, 0.5) is 0 Å². The Hall–Kier alpha value is -2.50. The average molecular weight is 355 g/mol. The minimum absolute atomic E-state index is 0.0490. The smallest absolute Gasteiger partial charge is 0.255 e. The summed E-state index contributed by atoms with van der Waals surface area (Å²) in [5.74, 6) is 1.41. The van der Waals surface area contributed by atoms with Crippen LogP contribution in [0.2, 0.25) is 0 Å². The van der Waals surface area contributed by atoms with Gasteiger partial charge in [-0.05, 0) is 31.0 Å². The van der Waals surface area contributed by atoms with E-state index in [-0.39, 0.29) is 11.9 Å². The Morgan fingerprint density at radius 2 is 1.88 bits per heavy atom. The number of carbonyl (C=O) groups is 1. The van der Waals surface area contributed by atoms with Gasteiger partial charge < -0.3 is 14.8 Å². The first-order chi connectivity index (χ1) is 12.7. The number of amides is 1. The number of benzene rings is 1. The molecule has 1 aliphatic carbocycles. The topological polar surface area (TPSA) is 65.4 Å². The van der Waals surface area contributed by atoms with Crippen LogP contribution in [-0.2, 0) is 7.05 Å². The molecule has 0 atom stereocenters. The molecule has 1 aromatic heterocycles. The van der Waals surface area contributed by atoms with E-state index in [9.17, 15) is 4.79 Å². The van der Waals surface area contributed by atoms with E-state index in [0.29, 0.717) is 30.2 Å². The first kappa shape index (κ1) is 16.9. The van der Waals surface area contributed by atoms with Crippen molar-refractivity contribution in [3.63, 3.8) is 0 Å². The van der Waals surface area contributed by atoms with Crippen LogP contribution in [0, 0.1) is 0 Å². The Morgan fingerprint density at radius 1 is 1.12 bits per heavy atom. The summed E-state index contributed by atoms with van der Waals surface area (Å²) >= 11 is 0. The van der Waals surface area contributed by atoms with Gasteiger partial charge in [-0.3, -0.25) is 9.48 Å². The van der Waals surface area contributed by atoms with Crippen molar-refractivity contribution in [2.24, 2.45) is 7.05 Å². The van der Waals surface area contributed by atoms with Gasteiger partial charge in [-0.25, -0.2) is 0 Å². The van der Waals surface area contributed by atoms with Crippen LogP contribution in [0.3, 0.4) is 0 Å². The van der Waals surface area contributed by atoms with Crippen molar-refractivity contribution < 1.29 is 14.3 Å². The summed E-state index contributed by atoms with van der Waals surface area (Å²) in [6.07, 6.45) is 8.41. The molecule has 1 aliphatic heterocycles. The molecule has 1 saturated carbocycles. The highest BCUT2D eigenvalue weighted by atomic mass is 16.5. The van der Waals surface area contributed by atoms with Crippen LogP contribution in [0.1, 0.15) is 48.9 Å². The summed E-state index contributed by atoms with van der Waals surface area (Å²) in [6, 6.07) is 6.02. The molecule has 1 aromatic carbocycles. The molecule has 138 valence electrons. The zero-order valence-electron chi connectivity index (χ0n) is 15.2. The molecule has 0 saturated heterocycles. The lowest BCUT2D eigenvalue weighted by Gasteiger charge is -2.22. The normalized spacial score (nSPS) is 17.6. The number of ether oxygens (including phenoxy) is 2. The Labute approximate surface area is 153 Å². The molecule has 0 unspecified atom stereocenters. The van der Waals surface area contributed by atoms with Crippen LogP contribution >= 0.6 is 0 Å². The van der Waals surface area contributed by atoms with Gasteiger partial charge in [-0.2, -0.15) is 5.10 Å². The fraction of sp³-hybridized carbons (Fsp3) is 0.500. The Bertz CT molecular complexity index is 794. The zero-order chi connectivity index (χ0) is 17.9. The van der Waals surface area contributed by atoms with Gasteiger partial charge in [0.25, 0.3) is 5.91 Å². The molecular weight excluding hydrogens is 330 g/mol. The molecule has 0 bridgehead atoms. The Kier molecular flexibility index (Phi) is 4.82. The highest BCUT2D eigenvalue weighted by Gasteiger charge is 2.22. The Balaban J connectivity index is 1.61. The number of carbonyl (C=O) groups excluding carboxylic acids is 1. The number of hydrogen-bond donors (Lipinski definition) is 1. The molecule has 2 aliphatic rings. The van der Waals surface area contributed by atoms with Crippen molar-refractivity contribution >= 4 is 5.91 Å². The van der Waals surface area contributed by atoms with Crippen molar-refractivity contribution in [1.29, 1.82) is 0 Å². The van der Waals surface area contributed by atoms with Crippen LogP contribution < -0.4 is 14.8 Å². The van der Waals surface area contributed by atoms with Crippen molar-refractivity contribution in [3.05, 3.63) is 30.0 Å². The van der Waals surface area contributed by atoms with Crippen LogP contribution in [0.15, 0.2) is 24.4 Å². The third kappa shape index (κ3) is 3.54. The molecule has 6 nitrogen and oxygen atoms in total. The first-order valence-electron chi connectivity index (χ1n) is 9.45. The van der Waals surface area contributed by atoms with E-state index in [4.69, 9.17) is 9.47 Å². The second-order valence-corrected chi connectivity index (χ2v) is 7.09. The standard InChI is InChI=1S/C20H25N3O3/c1-23-13-16(20(24)21-15-6-3-2-4-7-15)19(22-23)14-8-9-17-18(12-14)26-11-5-10-25-17/h8-9,12-13,15H,2-7,10-11H2,1H3,(H,21,24). The molecule has 1 N–H and O–H groups in total. The molecule has 26 heavy (non-hydrogen) atoms. The zero-order valence-corrected chi connectivity index (χ0v) is 15.2. The van der Waals surface area contributed by atoms with Gasteiger partial charge in [0.15, 0.2) is 11.5 Å². The van der Waals surface area contributed by atoms with Gasteiger partial charge in [-0.15, -0.1) is 0 Å². The third-order valence-corrected chi connectivity index (χ3v) is 5.03. The summed E-state index contributed by atoms with van der Waals surface area (Å²) < 4.78 is 13.2. The van der Waals surface area contributed by atoms with Gasteiger partial charge in [0.2, 0.25) is 0 Å². The fourth-order valence-corrected chi connectivity index (χ4v) is 3.69. The number of nitrogens with zero attached hydrogens (tertiary/aromatic N) is 2. The molecule has 1 fully saturated rings. The van der Waals surface area contributed by atoms with Crippen LogP contribution in [0.5, 0.6) is 11.5 Å². The number of aromatic nitrogens is 2. The van der Waals surface area contributed by atoms with Crippen molar-refractivity contribution in [2.75, 3.05) is 13.2 Å². The quantitative estimate of drug-likeness (QED) is 0.917. The Morgan fingerprint density at radius 3 is 2.69 bits per heavy atom. The largest absolute Gasteiger partial charge is 0.490 e. The fourth-order valence-electron chi connectivity index (χ4n) is 3.69. The van der Waals surface area contributed by atoms with Crippen LogP contribution in [0.25, 0.3) is 11.3 Å². The minimum Gasteiger partial charge on any atom is -0.490 e. The number of rotatable bonds is 3. The molecule has 2 heterocycles. The average Bonchev–Trinajstić information content (AvgIpc) is 2.90. The number of fused-ring (bicyclic) bond motifs is 1. The van der Waals surface area contributed by atoms with E-state index in [2.05, 4.69) is 10.4 Å². The van der Waals surface area contributed by atoms with Crippen LogP contribution in [-0.4, -0.2) is 34.9 Å². The molecule has 0 radical (unpaired) electrons. The summed E-state index contributed by atoms with van der Waals surface area (Å²) in [6.45, 7) is 1.29. The summed E-state index contributed by atoms with van der Waals surface area (Å²) in [7, 11) is 1.84. The van der Waals surface area contributed by atoms with E-state index in [1.54, 1.807) is 10.9 Å². The lowest BCUT2D eigenvalue weighted by Crippen LogP contribution is -2.36. The SMILES string of the molecule is Cn1cc(C(=O)NC2CCCCC2)c(-c2ccc3c(c2)OCCCO3)n1. The molecule has 2 aromatic rings. The maximum atomic E-state index is 12.8. The second kappa shape index (κ2) is 7.40. The van der Waals surface area contributed by atoms with Crippen molar-refractivity contribution in [3.8, 4) is 22.8 Å². The van der Waals surface area contributed by atoms with E-state index in [1.807, 2.05) is 25.2 Å². The lowest BCUT2D eigenvalue weighted by atomic mass is 9.95. The molecule has 1 amide bonds. The predicted molar refractivity (Wildman–Crippen MR) is 98.6 cm³/mol. The van der Waals surface area contributed by atoms with Gasteiger partial charge in [0.1, 0.15) is 5.69 Å². The highest BCUT2D eigenvalue weighted by Crippen LogP contribution is 2.34. The molecule has 4 rings (SSSR count). The monoisotopic (exact) mass is 355 g/mol. The maximum Gasteiger partial charge on any atom is 0.255 e. The second-order valence-electron chi connectivity index (χ2n) is 7.09. The van der Waals surface area contributed by atoms with Crippen molar-refractivity contribution in [1.82, 2.24) is 15.1 Å². The molecular formula is C20H25N3O3. The number of hydrogen-bond acceptors (Lipinski definition) is 4. The molecule has 6 heteroatoms. The summed E-state index contributed by atoms with van der Waals surface area (Å²) in [5, 5.41) is 7.71. The van der Waals surface area contributed by atoms with E-state index in [0.717, 1.165) is 30.6 Å². The summed E-state index contributed by atoms with van der Waals surface area (Å²) in [5.41, 5.74) is 2.15. The van der Waals surface area contributed by atoms with Gasteiger partial charge in [0, 0.05) is 31.3 Å². The lowest BCUT2D eigenvalue weighted by molar-refractivity contribution is 0.0928. The summed E-state index contributed by atoms with van der Waals surface area (Å²) in [4.78, 5) is 12.8. The van der Waals surface area contributed by atoms with Crippen molar-refractivity contribution in [2.45, 2.75) is 44.6 Å². The van der Waals surface area contributed by atoms with Gasteiger partial charge in [-0.1, -0.05) is 19.3 Å². The predicted octanol–water partition coefficient (Wildman–Crippen LogP) is 3.31. The highest BCUT2D eigenvalue weighted by molar-refractivity contribution is 6.00. The van der Waals surface area contributed by atoms with E-state index in [1.165, 1.54) is 19.3 Å². The first-order valence-corrected chi connectivity index (χ1v) is 9.45. The third-order valence-electron chi connectivity index (χ3n) is 5.03. The minimum atomic E-state index is -0.0490.